The maximum absolute atomic E-state index is 5.40. The third-order valence-electron chi connectivity index (χ3n) is 4.34. The molecule has 2 heteroatoms. The molecule has 2 aliphatic rings. The van der Waals surface area contributed by atoms with E-state index in [-0.39, 0.29) is 0 Å². The van der Waals surface area contributed by atoms with Crippen molar-refractivity contribution in [2.24, 2.45) is 17.3 Å². The molecule has 0 spiro atoms. The van der Waals surface area contributed by atoms with Gasteiger partial charge in [0.15, 0.2) is 0 Å². The first-order valence-corrected chi connectivity index (χ1v) is 6.88. The lowest BCUT2D eigenvalue weighted by Crippen LogP contribution is -2.37. The second-order valence-corrected chi connectivity index (χ2v) is 6.62. The summed E-state index contributed by atoms with van der Waals surface area (Å²) in [6.07, 6.45) is 5.21. The minimum absolute atomic E-state index is 0.548. The van der Waals surface area contributed by atoms with Crippen molar-refractivity contribution >= 4 is 0 Å². The molecule has 94 valence electrons. The molecule has 2 atom stereocenters. The molecule has 2 fully saturated rings. The van der Waals surface area contributed by atoms with Gasteiger partial charge in [-0.05, 0) is 49.5 Å². The zero-order valence-electron chi connectivity index (χ0n) is 11.1. The number of ether oxygens (including phenoxy) is 1. The van der Waals surface area contributed by atoms with Gasteiger partial charge in [-0.2, -0.15) is 0 Å². The number of nitrogens with one attached hydrogen (secondary N) is 1. The van der Waals surface area contributed by atoms with Gasteiger partial charge in [-0.25, -0.2) is 0 Å². The molecule has 0 aromatic heterocycles. The van der Waals surface area contributed by atoms with E-state index in [1.165, 1.54) is 32.2 Å². The van der Waals surface area contributed by atoms with Gasteiger partial charge >= 0.3 is 0 Å². The minimum Gasteiger partial charge on any atom is -0.381 e. The van der Waals surface area contributed by atoms with Gasteiger partial charge in [-0.3, -0.25) is 0 Å². The maximum atomic E-state index is 5.40. The maximum Gasteiger partial charge on any atom is 0.0469 e. The molecule has 2 rings (SSSR count). The van der Waals surface area contributed by atoms with Crippen LogP contribution in [0.15, 0.2) is 0 Å². The zero-order chi connectivity index (χ0) is 11.6. The highest BCUT2D eigenvalue weighted by molar-refractivity contribution is 4.91. The van der Waals surface area contributed by atoms with Gasteiger partial charge in [-0.1, -0.05) is 20.8 Å². The van der Waals surface area contributed by atoms with E-state index in [0.29, 0.717) is 5.41 Å². The third-order valence-corrected chi connectivity index (χ3v) is 4.34. The average molecular weight is 225 g/mol. The van der Waals surface area contributed by atoms with Crippen LogP contribution in [0.25, 0.3) is 0 Å². The molecule has 1 N–H and O–H groups in total. The Hall–Kier alpha value is -0.0800. The Morgan fingerprint density at radius 3 is 2.44 bits per heavy atom. The summed E-state index contributed by atoms with van der Waals surface area (Å²) in [5, 5.41) is 3.80. The van der Waals surface area contributed by atoms with Crippen molar-refractivity contribution in [2.75, 3.05) is 19.8 Å². The molecule has 1 aliphatic heterocycles. The lowest BCUT2D eigenvalue weighted by atomic mass is 9.91. The summed E-state index contributed by atoms with van der Waals surface area (Å²) in [5.74, 6) is 1.69. The van der Waals surface area contributed by atoms with Gasteiger partial charge in [0.1, 0.15) is 0 Å². The van der Waals surface area contributed by atoms with E-state index in [1.807, 2.05) is 0 Å². The molecule has 0 aromatic carbocycles. The van der Waals surface area contributed by atoms with Crippen LogP contribution in [0.3, 0.4) is 0 Å². The number of rotatable bonds is 3. The monoisotopic (exact) mass is 225 g/mol. The Morgan fingerprint density at radius 2 is 1.88 bits per heavy atom. The molecule has 0 radical (unpaired) electrons. The van der Waals surface area contributed by atoms with Crippen molar-refractivity contribution in [3.05, 3.63) is 0 Å². The summed E-state index contributed by atoms with van der Waals surface area (Å²) in [6, 6.07) is 0.748. The Bertz CT molecular complexity index is 221. The lowest BCUT2D eigenvalue weighted by molar-refractivity contribution is 0.0650. The quantitative estimate of drug-likeness (QED) is 0.797. The Morgan fingerprint density at radius 1 is 1.19 bits per heavy atom. The average Bonchev–Trinajstić information content (AvgIpc) is 2.50. The van der Waals surface area contributed by atoms with E-state index in [0.717, 1.165) is 31.1 Å². The van der Waals surface area contributed by atoms with E-state index < -0.39 is 0 Å². The van der Waals surface area contributed by atoms with Crippen LogP contribution in [0.5, 0.6) is 0 Å². The molecule has 1 saturated carbocycles. The van der Waals surface area contributed by atoms with Crippen LogP contribution >= 0.6 is 0 Å². The molecule has 0 aromatic rings. The molecule has 1 aliphatic carbocycles. The van der Waals surface area contributed by atoms with E-state index >= 15 is 0 Å². The first-order chi connectivity index (χ1) is 7.57. The predicted octanol–water partition coefficient (Wildman–Crippen LogP) is 2.83. The lowest BCUT2D eigenvalue weighted by Gasteiger charge is -2.26. The van der Waals surface area contributed by atoms with Crippen LogP contribution in [0, 0.1) is 17.3 Å². The first kappa shape index (κ1) is 12.4. The van der Waals surface area contributed by atoms with E-state index in [4.69, 9.17) is 4.74 Å². The molecule has 1 heterocycles. The van der Waals surface area contributed by atoms with Crippen molar-refractivity contribution < 1.29 is 4.74 Å². The first-order valence-electron chi connectivity index (χ1n) is 6.88. The molecule has 1 saturated heterocycles. The van der Waals surface area contributed by atoms with Crippen molar-refractivity contribution in [2.45, 2.75) is 52.5 Å². The van der Waals surface area contributed by atoms with Crippen molar-refractivity contribution in [3.63, 3.8) is 0 Å². The van der Waals surface area contributed by atoms with Crippen LogP contribution in [0.1, 0.15) is 46.5 Å². The summed E-state index contributed by atoms with van der Waals surface area (Å²) < 4.78 is 5.40. The van der Waals surface area contributed by atoms with Crippen LogP contribution in [-0.2, 0) is 4.74 Å². The number of hydrogen-bond donors (Lipinski definition) is 1. The van der Waals surface area contributed by atoms with Crippen molar-refractivity contribution in [1.29, 1.82) is 0 Å². The van der Waals surface area contributed by atoms with Crippen LogP contribution in [0.4, 0.5) is 0 Å². The molecular weight excluding hydrogens is 198 g/mol. The fraction of sp³-hybridized carbons (Fsp3) is 1.00. The smallest absolute Gasteiger partial charge is 0.0469 e. The molecule has 16 heavy (non-hydrogen) atoms. The highest BCUT2D eigenvalue weighted by Gasteiger charge is 2.36. The minimum atomic E-state index is 0.548. The van der Waals surface area contributed by atoms with Gasteiger partial charge in [-0.15, -0.1) is 0 Å². The van der Waals surface area contributed by atoms with Crippen molar-refractivity contribution in [1.82, 2.24) is 5.32 Å². The van der Waals surface area contributed by atoms with Gasteiger partial charge in [0.25, 0.3) is 0 Å². The highest BCUT2D eigenvalue weighted by Crippen LogP contribution is 2.40. The molecular formula is C14H27NO. The standard InChI is InChI=1S/C14H27NO/c1-11-8-14(2,3)9-13(11)15-10-12-4-6-16-7-5-12/h11-13,15H,4-10H2,1-3H3. The van der Waals surface area contributed by atoms with Gasteiger partial charge in [0.05, 0.1) is 0 Å². The Balaban J connectivity index is 1.73. The SMILES string of the molecule is CC1CC(C)(C)CC1NCC1CCOCC1. The summed E-state index contributed by atoms with van der Waals surface area (Å²) in [7, 11) is 0. The Kier molecular flexibility index (Phi) is 3.91. The molecule has 2 nitrogen and oxygen atoms in total. The van der Waals surface area contributed by atoms with Crippen molar-refractivity contribution in [3.8, 4) is 0 Å². The van der Waals surface area contributed by atoms with Crippen LogP contribution < -0.4 is 5.32 Å². The number of hydrogen-bond acceptors (Lipinski definition) is 2. The van der Waals surface area contributed by atoms with E-state index in [2.05, 4.69) is 26.1 Å². The summed E-state index contributed by atoms with van der Waals surface area (Å²) in [4.78, 5) is 0. The fourth-order valence-corrected chi connectivity index (χ4v) is 3.44. The fourth-order valence-electron chi connectivity index (χ4n) is 3.44. The highest BCUT2D eigenvalue weighted by atomic mass is 16.5. The second-order valence-electron chi connectivity index (χ2n) is 6.62. The summed E-state index contributed by atoms with van der Waals surface area (Å²) >= 11 is 0. The van der Waals surface area contributed by atoms with Gasteiger partial charge in [0, 0.05) is 19.3 Å². The van der Waals surface area contributed by atoms with Gasteiger partial charge < -0.3 is 10.1 Å². The van der Waals surface area contributed by atoms with Gasteiger partial charge in [0.2, 0.25) is 0 Å². The zero-order valence-corrected chi connectivity index (χ0v) is 11.1. The van der Waals surface area contributed by atoms with Crippen LogP contribution in [-0.4, -0.2) is 25.8 Å². The largest absolute Gasteiger partial charge is 0.381 e. The van der Waals surface area contributed by atoms with Crippen LogP contribution in [0.2, 0.25) is 0 Å². The normalized spacial score (nSPS) is 35.4. The topological polar surface area (TPSA) is 21.3 Å². The molecule has 2 unspecified atom stereocenters. The predicted molar refractivity (Wildman–Crippen MR) is 67.5 cm³/mol. The Labute approximate surface area is 100 Å². The third kappa shape index (κ3) is 3.21. The second kappa shape index (κ2) is 5.05. The van der Waals surface area contributed by atoms with E-state index in [1.54, 1.807) is 0 Å². The van der Waals surface area contributed by atoms with E-state index in [9.17, 15) is 0 Å². The summed E-state index contributed by atoms with van der Waals surface area (Å²) in [5.41, 5.74) is 0.548. The summed E-state index contributed by atoms with van der Waals surface area (Å²) in [6.45, 7) is 10.3. The molecule has 0 bridgehead atoms. The molecule has 0 amide bonds.